The van der Waals surface area contributed by atoms with E-state index in [2.05, 4.69) is 15.9 Å². The SMILES string of the molecule is CS(=O)(=O)CCCOc1ccc(F)cc1CBr. The third kappa shape index (κ3) is 5.50. The molecule has 0 saturated heterocycles. The fourth-order valence-electron chi connectivity index (χ4n) is 1.30. The van der Waals surface area contributed by atoms with Crippen LogP contribution in [0.5, 0.6) is 5.75 Å². The van der Waals surface area contributed by atoms with Gasteiger partial charge in [0.1, 0.15) is 21.4 Å². The van der Waals surface area contributed by atoms with Gasteiger partial charge in [0.15, 0.2) is 0 Å². The molecule has 3 nitrogen and oxygen atoms in total. The summed E-state index contributed by atoms with van der Waals surface area (Å²) in [5, 5.41) is 0.492. The van der Waals surface area contributed by atoms with Crippen LogP contribution < -0.4 is 4.74 Å². The maximum Gasteiger partial charge on any atom is 0.147 e. The van der Waals surface area contributed by atoms with E-state index in [9.17, 15) is 12.8 Å². The van der Waals surface area contributed by atoms with Gasteiger partial charge in [-0.25, -0.2) is 12.8 Å². The van der Waals surface area contributed by atoms with Crippen LogP contribution >= 0.6 is 15.9 Å². The number of benzene rings is 1. The van der Waals surface area contributed by atoms with E-state index in [1.54, 1.807) is 6.07 Å². The summed E-state index contributed by atoms with van der Waals surface area (Å²) < 4.78 is 40.1. The van der Waals surface area contributed by atoms with Gasteiger partial charge in [-0.1, -0.05) is 15.9 Å². The number of halogens is 2. The Morgan fingerprint density at radius 1 is 1.41 bits per heavy atom. The first-order valence-corrected chi connectivity index (χ1v) is 8.25. The second-order valence-electron chi connectivity index (χ2n) is 3.72. The molecule has 0 bridgehead atoms. The van der Waals surface area contributed by atoms with Gasteiger partial charge in [-0.05, 0) is 24.6 Å². The van der Waals surface area contributed by atoms with Gasteiger partial charge >= 0.3 is 0 Å². The third-order valence-electron chi connectivity index (χ3n) is 2.08. The second-order valence-corrected chi connectivity index (χ2v) is 6.54. The molecule has 0 atom stereocenters. The summed E-state index contributed by atoms with van der Waals surface area (Å²) in [5.74, 6) is 0.359. The quantitative estimate of drug-likeness (QED) is 0.596. The lowest BCUT2D eigenvalue weighted by molar-refractivity contribution is 0.315. The number of hydrogen-bond acceptors (Lipinski definition) is 3. The van der Waals surface area contributed by atoms with Gasteiger partial charge in [-0.2, -0.15) is 0 Å². The average molecular weight is 325 g/mol. The highest BCUT2D eigenvalue weighted by atomic mass is 79.9. The molecule has 6 heteroatoms. The predicted molar refractivity (Wildman–Crippen MR) is 68.9 cm³/mol. The van der Waals surface area contributed by atoms with Crippen molar-refractivity contribution in [3.05, 3.63) is 29.6 Å². The molecule has 0 spiro atoms. The lowest BCUT2D eigenvalue weighted by Crippen LogP contribution is -2.08. The number of rotatable bonds is 6. The number of sulfone groups is 1. The van der Waals surface area contributed by atoms with Crippen molar-refractivity contribution in [3.63, 3.8) is 0 Å². The van der Waals surface area contributed by atoms with Crippen LogP contribution in [0.15, 0.2) is 18.2 Å². The Labute approximate surface area is 109 Å². The molecule has 1 rings (SSSR count). The summed E-state index contributed by atoms with van der Waals surface area (Å²) in [6.07, 6.45) is 1.62. The highest BCUT2D eigenvalue weighted by Crippen LogP contribution is 2.22. The zero-order chi connectivity index (χ0) is 12.9. The molecule has 0 radical (unpaired) electrons. The molecule has 0 aliphatic heterocycles. The minimum absolute atomic E-state index is 0.0951. The maximum atomic E-state index is 12.9. The van der Waals surface area contributed by atoms with Crippen molar-refractivity contribution in [2.24, 2.45) is 0 Å². The molecule has 0 amide bonds. The van der Waals surface area contributed by atoms with E-state index in [4.69, 9.17) is 4.74 Å². The van der Waals surface area contributed by atoms with Crippen LogP contribution in [0.1, 0.15) is 12.0 Å². The van der Waals surface area contributed by atoms with Gasteiger partial charge in [0.05, 0.1) is 12.4 Å². The van der Waals surface area contributed by atoms with Gasteiger partial charge in [0.25, 0.3) is 0 Å². The van der Waals surface area contributed by atoms with Gasteiger partial charge in [-0.15, -0.1) is 0 Å². The average Bonchev–Trinajstić information content (AvgIpc) is 2.24. The molecule has 0 heterocycles. The van der Waals surface area contributed by atoms with Crippen molar-refractivity contribution in [2.75, 3.05) is 18.6 Å². The van der Waals surface area contributed by atoms with Gasteiger partial charge < -0.3 is 4.74 Å². The molecule has 0 aliphatic rings. The van der Waals surface area contributed by atoms with Crippen molar-refractivity contribution < 1.29 is 17.5 Å². The van der Waals surface area contributed by atoms with E-state index in [1.165, 1.54) is 18.4 Å². The third-order valence-corrected chi connectivity index (χ3v) is 3.72. The first-order valence-electron chi connectivity index (χ1n) is 5.07. The summed E-state index contributed by atoms with van der Waals surface area (Å²) in [7, 11) is -2.95. The lowest BCUT2D eigenvalue weighted by Gasteiger charge is -2.09. The zero-order valence-electron chi connectivity index (χ0n) is 9.45. The topological polar surface area (TPSA) is 43.4 Å². The molecule has 0 N–H and O–H groups in total. The molecule has 96 valence electrons. The maximum absolute atomic E-state index is 12.9. The Morgan fingerprint density at radius 3 is 2.71 bits per heavy atom. The summed E-state index contributed by atoms with van der Waals surface area (Å²) in [5.41, 5.74) is 0.712. The molecule has 0 saturated carbocycles. The normalized spacial score (nSPS) is 11.5. The molecular weight excluding hydrogens is 311 g/mol. The van der Waals surface area contributed by atoms with Crippen LogP contribution in [0.25, 0.3) is 0 Å². The van der Waals surface area contributed by atoms with Gasteiger partial charge in [0.2, 0.25) is 0 Å². The fraction of sp³-hybridized carbons (Fsp3) is 0.455. The van der Waals surface area contributed by atoms with E-state index in [0.717, 1.165) is 0 Å². The Morgan fingerprint density at radius 2 is 2.12 bits per heavy atom. The highest BCUT2D eigenvalue weighted by Gasteiger charge is 2.06. The van der Waals surface area contributed by atoms with Crippen LogP contribution in [-0.2, 0) is 15.2 Å². The molecule has 0 unspecified atom stereocenters. The molecule has 17 heavy (non-hydrogen) atoms. The largest absolute Gasteiger partial charge is 0.493 e. The minimum Gasteiger partial charge on any atom is -0.493 e. The number of hydrogen-bond donors (Lipinski definition) is 0. The summed E-state index contributed by atoms with van der Waals surface area (Å²) in [4.78, 5) is 0. The molecule has 1 aromatic carbocycles. The molecule has 0 aliphatic carbocycles. The van der Waals surface area contributed by atoms with E-state index < -0.39 is 9.84 Å². The van der Waals surface area contributed by atoms with E-state index in [1.807, 2.05) is 0 Å². The van der Waals surface area contributed by atoms with Crippen molar-refractivity contribution >= 4 is 25.8 Å². The van der Waals surface area contributed by atoms with Crippen molar-refractivity contribution in [3.8, 4) is 5.75 Å². The lowest BCUT2D eigenvalue weighted by atomic mass is 10.2. The zero-order valence-corrected chi connectivity index (χ0v) is 11.9. The Balaban J connectivity index is 2.52. The van der Waals surface area contributed by atoms with E-state index >= 15 is 0 Å². The van der Waals surface area contributed by atoms with E-state index in [-0.39, 0.29) is 11.6 Å². The predicted octanol–water partition coefficient (Wildman–Crippen LogP) is 2.53. The van der Waals surface area contributed by atoms with Crippen LogP contribution in [-0.4, -0.2) is 27.0 Å². The van der Waals surface area contributed by atoms with Crippen LogP contribution in [0.4, 0.5) is 4.39 Å². The second kappa shape index (κ2) is 6.35. The first-order chi connectivity index (χ1) is 7.92. The Kier molecular flexibility index (Phi) is 5.39. The molecule has 0 fully saturated rings. The monoisotopic (exact) mass is 324 g/mol. The standard InChI is InChI=1S/C11H14BrFO3S/c1-17(14,15)6-2-5-16-11-4-3-10(13)7-9(11)8-12/h3-4,7H,2,5-6,8H2,1H3. The molecule has 0 aromatic heterocycles. The number of alkyl halides is 1. The smallest absolute Gasteiger partial charge is 0.147 e. The number of ether oxygens (including phenoxy) is 1. The van der Waals surface area contributed by atoms with Crippen molar-refractivity contribution in [1.29, 1.82) is 0 Å². The van der Waals surface area contributed by atoms with Gasteiger partial charge in [0, 0.05) is 17.1 Å². The van der Waals surface area contributed by atoms with E-state index in [0.29, 0.717) is 29.7 Å². The molecule has 1 aromatic rings. The summed E-state index contributed by atoms with van der Waals surface area (Å²) in [6.45, 7) is 0.304. The van der Waals surface area contributed by atoms with Gasteiger partial charge in [-0.3, -0.25) is 0 Å². The Bertz CT molecular complexity index is 474. The molecular formula is C11H14BrFO3S. The highest BCUT2D eigenvalue weighted by molar-refractivity contribution is 9.08. The summed E-state index contributed by atoms with van der Waals surface area (Å²) in [6, 6.07) is 4.26. The van der Waals surface area contributed by atoms with Crippen molar-refractivity contribution in [2.45, 2.75) is 11.8 Å². The van der Waals surface area contributed by atoms with Crippen molar-refractivity contribution in [1.82, 2.24) is 0 Å². The fourth-order valence-corrected chi connectivity index (χ4v) is 2.38. The minimum atomic E-state index is -2.95. The van der Waals surface area contributed by atoms with Crippen LogP contribution in [0.3, 0.4) is 0 Å². The Hall–Kier alpha value is -0.620. The van der Waals surface area contributed by atoms with Crippen LogP contribution in [0, 0.1) is 5.82 Å². The first kappa shape index (κ1) is 14.4. The summed E-state index contributed by atoms with van der Waals surface area (Å²) >= 11 is 3.24. The van der Waals surface area contributed by atoms with Crippen LogP contribution in [0.2, 0.25) is 0 Å².